The molecule has 0 amide bonds. The molecule has 16 heavy (non-hydrogen) atoms. The minimum absolute atomic E-state index is 0.713. The molecule has 0 atom stereocenters. The van der Waals surface area contributed by atoms with Gasteiger partial charge in [0.15, 0.2) is 0 Å². The van der Waals surface area contributed by atoms with Crippen LogP contribution in [-0.4, -0.2) is 40.0 Å². The number of aryl methyl sites for hydroxylation is 1. The number of unbranched alkanes of at least 4 members (excludes halogenated alkanes) is 1. The van der Waals surface area contributed by atoms with Crippen LogP contribution in [0.3, 0.4) is 0 Å². The summed E-state index contributed by atoms with van der Waals surface area (Å²) < 4.78 is 2.08. The molecule has 0 aliphatic rings. The number of hydrogen-bond donors (Lipinski definition) is 0. The molecule has 1 rings (SSSR count). The summed E-state index contributed by atoms with van der Waals surface area (Å²) in [6.45, 7) is 5.40. The second kappa shape index (κ2) is 7.69. The lowest BCUT2D eigenvalue weighted by molar-refractivity contribution is 0.286. The summed E-state index contributed by atoms with van der Waals surface area (Å²) in [6, 6.07) is 0. The Morgan fingerprint density at radius 2 is 2.19 bits per heavy atom. The highest BCUT2D eigenvalue weighted by Crippen LogP contribution is 2.01. The molecule has 4 heteroatoms. The molecule has 92 valence electrons. The number of halogens is 1. The average molecular weight is 244 g/mol. The maximum Gasteiger partial charge on any atom is 0.109 e. The van der Waals surface area contributed by atoms with Gasteiger partial charge < -0.3 is 9.47 Å². The fourth-order valence-corrected chi connectivity index (χ4v) is 1.97. The topological polar surface area (TPSA) is 21.1 Å². The Hall–Kier alpha value is -0.540. The fourth-order valence-electron chi connectivity index (χ4n) is 1.73. The predicted octanol–water partition coefficient (Wildman–Crippen LogP) is 2.30. The van der Waals surface area contributed by atoms with E-state index < -0.39 is 0 Å². The summed E-state index contributed by atoms with van der Waals surface area (Å²) in [5.74, 6) is 1.86. The largest absolute Gasteiger partial charge is 0.338 e. The van der Waals surface area contributed by atoms with E-state index in [0.717, 1.165) is 31.9 Å². The molecule has 0 aromatic carbocycles. The first-order valence-electron chi connectivity index (χ1n) is 6.02. The van der Waals surface area contributed by atoms with Crippen molar-refractivity contribution in [3.63, 3.8) is 0 Å². The van der Waals surface area contributed by atoms with Crippen molar-refractivity contribution in [2.24, 2.45) is 7.05 Å². The maximum atomic E-state index is 5.80. The van der Waals surface area contributed by atoms with Crippen molar-refractivity contribution in [2.45, 2.75) is 26.2 Å². The van der Waals surface area contributed by atoms with E-state index in [1.165, 1.54) is 12.8 Å². The Labute approximate surface area is 103 Å². The molecule has 0 unspecified atom stereocenters. The molecule has 0 N–H and O–H groups in total. The summed E-state index contributed by atoms with van der Waals surface area (Å²) in [5.41, 5.74) is 0. The van der Waals surface area contributed by atoms with Gasteiger partial charge in [0, 0.05) is 44.8 Å². The number of rotatable bonds is 8. The molecule has 1 heterocycles. The standard InChI is InChI=1S/C12H22ClN3/c1-3-4-8-16(10-6-13)9-5-12-14-7-11-15(12)2/h7,11H,3-6,8-10H2,1-2H3. The minimum atomic E-state index is 0.713. The first-order valence-corrected chi connectivity index (χ1v) is 6.56. The van der Waals surface area contributed by atoms with Crippen molar-refractivity contribution in [3.05, 3.63) is 18.2 Å². The van der Waals surface area contributed by atoms with Crippen molar-refractivity contribution in [3.8, 4) is 0 Å². The molecular weight excluding hydrogens is 222 g/mol. The summed E-state index contributed by atoms with van der Waals surface area (Å²) in [7, 11) is 2.04. The van der Waals surface area contributed by atoms with Crippen LogP contribution in [0.1, 0.15) is 25.6 Å². The second-order valence-corrected chi connectivity index (χ2v) is 4.47. The maximum absolute atomic E-state index is 5.80. The van der Waals surface area contributed by atoms with E-state index in [2.05, 4.69) is 21.4 Å². The zero-order valence-electron chi connectivity index (χ0n) is 10.3. The number of hydrogen-bond acceptors (Lipinski definition) is 2. The van der Waals surface area contributed by atoms with Crippen molar-refractivity contribution >= 4 is 11.6 Å². The molecule has 3 nitrogen and oxygen atoms in total. The average Bonchev–Trinajstić information content (AvgIpc) is 2.68. The molecule has 0 bridgehead atoms. The lowest BCUT2D eigenvalue weighted by atomic mass is 10.3. The SMILES string of the molecule is CCCCN(CCCl)CCc1nccn1C. The molecule has 0 spiro atoms. The Bertz CT molecular complexity index is 286. The predicted molar refractivity (Wildman–Crippen MR) is 69.0 cm³/mol. The molecule has 0 aliphatic carbocycles. The van der Waals surface area contributed by atoms with Gasteiger partial charge >= 0.3 is 0 Å². The molecule has 0 saturated heterocycles. The fraction of sp³-hybridized carbons (Fsp3) is 0.750. The van der Waals surface area contributed by atoms with Gasteiger partial charge in [0.2, 0.25) is 0 Å². The summed E-state index contributed by atoms with van der Waals surface area (Å²) in [5, 5.41) is 0. The monoisotopic (exact) mass is 243 g/mol. The van der Waals surface area contributed by atoms with Crippen molar-refractivity contribution < 1.29 is 0 Å². The molecule has 1 aromatic heterocycles. The van der Waals surface area contributed by atoms with Crippen LogP contribution in [-0.2, 0) is 13.5 Å². The van der Waals surface area contributed by atoms with Crippen LogP contribution in [0.5, 0.6) is 0 Å². The van der Waals surface area contributed by atoms with E-state index in [1.807, 2.05) is 19.4 Å². The van der Waals surface area contributed by atoms with Crippen LogP contribution in [0, 0.1) is 0 Å². The van der Waals surface area contributed by atoms with Gasteiger partial charge in [-0.2, -0.15) is 0 Å². The second-order valence-electron chi connectivity index (χ2n) is 4.09. The van der Waals surface area contributed by atoms with Gasteiger partial charge in [-0.05, 0) is 13.0 Å². The van der Waals surface area contributed by atoms with Gasteiger partial charge in [-0.25, -0.2) is 4.98 Å². The third-order valence-corrected chi connectivity index (χ3v) is 2.97. The first kappa shape index (κ1) is 13.5. The van der Waals surface area contributed by atoms with E-state index in [9.17, 15) is 0 Å². The van der Waals surface area contributed by atoms with E-state index in [1.54, 1.807) is 0 Å². The van der Waals surface area contributed by atoms with E-state index >= 15 is 0 Å². The lowest BCUT2D eigenvalue weighted by Crippen LogP contribution is -2.29. The Balaban J connectivity index is 2.34. The van der Waals surface area contributed by atoms with Crippen molar-refractivity contribution in [2.75, 3.05) is 25.5 Å². The van der Waals surface area contributed by atoms with Gasteiger partial charge in [-0.1, -0.05) is 13.3 Å². The summed E-state index contributed by atoms with van der Waals surface area (Å²) in [4.78, 5) is 6.75. The molecule has 0 saturated carbocycles. The van der Waals surface area contributed by atoms with Crippen molar-refractivity contribution in [1.82, 2.24) is 14.5 Å². The Morgan fingerprint density at radius 1 is 1.38 bits per heavy atom. The molecule has 0 aliphatic heterocycles. The summed E-state index contributed by atoms with van der Waals surface area (Å²) in [6.07, 6.45) is 7.34. The van der Waals surface area contributed by atoms with E-state index in [0.29, 0.717) is 5.88 Å². The molecular formula is C12H22ClN3. The van der Waals surface area contributed by atoms with Crippen LogP contribution < -0.4 is 0 Å². The van der Waals surface area contributed by atoms with Gasteiger partial charge in [0.05, 0.1) is 0 Å². The van der Waals surface area contributed by atoms with Gasteiger partial charge in [-0.15, -0.1) is 11.6 Å². The number of imidazole rings is 1. The van der Waals surface area contributed by atoms with Crippen LogP contribution in [0.15, 0.2) is 12.4 Å². The number of aromatic nitrogens is 2. The normalized spacial score (nSPS) is 11.2. The van der Waals surface area contributed by atoms with E-state index in [4.69, 9.17) is 11.6 Å². The molecule has 1 aromatic rings. The Morgan fingerprint density at radius 3 is 2.75 bits per heavy atom. The molecule has 0 radical (unpaired) electrons. The van der Waals surface area contributed by atoms with Gasteiger partial charge in [0.1, 0.15) is 5.82 Å². The van der Waals surface area contributed by atoms with Crippen LogP contribution in [0.25, 0.3) is 0 Å². The zero-order chi connectivity index (χ0) is 11.8. The number of nitrogens with zero attached hydrogens (tertiary/aromatic N) is 3. The van der Waals surface area contributed by atoms with Crippen molar-refractivity contribution in [1.29, 1.82) is 0 Å². The third kappa shape index (κ3) is 4.54. The smallest absolute Gasteiger partial charge is 0.109 e. The van der Waals surface area contributed by atoms with Gasteiger partial charge in [0.25, 0.3) is 0 Å². The zero-order valence-corrected chi connectivity index (χ0v) is 11.1. The van der Waals surface area contributed by atoms with E-state index in [-0.39, 0.29) is 0 Å². The highest BCUT2D eigenvalue weighted by Gasteiger charge is 2.06. The summed E-state index contributed by atoms with van der Waals surface area (Å²) >= 11 is 5.80. The molecule has 0 fully saturated rings. The van der Waals surface area contributed by atoms with Gasteiger partial charge in [-0.3, -0.25) is 0 Å². The minimum Gasteiger partial charge on any atom is -0.338 e. The van der Waals surface area contributed by atoms with Crippen LogP contribution >= 0.6 is 11.6 Å². The Kier molecular flexibility index (Phi) is 6.50. The highest BCUT2D eigenvalue weighted by atomic mass is 35.5. The first-order chi connectivity index (χ1) is 7.77. The van der Waals surface area contributed by atoms with Crippen LogP contribution in [0.4, 0.5) is 0 Å². The quantitative estimate of drug-likeness (QED) is 0.654. The van der Waals surface area contributed by atoms with Crippen LogP contribution in [0.2, 0.25) is 0 Å². The highest BCUT2D eigenvalue weighted by molar-refractivity contribution is 6.18. The lowest BCUT2D eigenvalue weighted by Gasteiger charge is -2.20. The third-order valence-electron chi connectivity index (χ3n) is 2.80. The number of alkyl halides is 1.